The van der Waals surface area contributed by atoms with E-state index in [1.807, 2.05) is 0 Å². The minimum Gasteiger partial charge on any atom is -0.423 e. The second-order valence-corrected chi connectivity index (χ2v) is 6.42. The van der Waals surface area contributed by atoms with Gasteiger partial charge in [0.2, 0.25) is 0 Å². The van der Waals surface area contributed by atoms with Gasteiger partial charge in [0.05, 0.1) is 18.3 Å². The summed E-state index contributed by atoms with van der Waals surface area (Å²) in [5.74, 6) is -1.77. The smallest absolute Gasteiger partial charge is 0.423 e. The minimum absolute atomic E-state index is 0.119. The van der Waals surface area contributed by atoms with E-state index in [-0.39, 0.29) is 28.6 Å². The molecule has 26 heavy (non-hydrogen) atoms. The van der Waals surface area contributed by atoms with Gasteiger partial charge in [0.15, 0.2) is 5.75 Å². The summed E-state index contributed by atoms with van der Waals surface area (Å²) < 4.78 is 32.9. The lowest BCUT2D eigenvalue weighted by molar-refractivity contribution is -0.193. The first-order chi connectivity index (χ1) is 12.0. The van der Waals surface area contributed by atoms with Gasteiger partial charge in [-0.1, -0.05) is 30.3 Å². The Morgan fingerprint density at radius 1 is 1.50 bits per heavy atom. The number of ether oxygens (including phenoxy) is 1. The highest BCUT2D eigenvalue weighted by Crippen LogP contribution is 2.43. The minimum atomic E-state index is -4.07. The van der Waals surface area contributed by atoms with Crippen molar-refractivity contribution in [2.24, 2.45) is 5.73 Å². The third kappa shape index (κ3) is 4.23. The Morgan fingerprint density at radius 2 is 2.15 bits per heavy atom. The molecule has 0 radical (unpaired) electrons. The van der Waals surface area contributed by atoms with Crippen LogP contribution in [0.3, 0.4) is 0 Å². The number of amides is 1. The lowest BCUT2D eigenvalue weighted by Crippen LogP contribution is -2.51. The van der Waals surface area contributed by atoms with Gasteiger partial charge >= 0.3 is 12.0 Å². The average Bonchev–Trinajstić information content (AvgIpc) is 2.49. The Hall–Kier alpha value is -2.38. The predicted molar refractivity (Wildman–Crippen MR) is 96.0 cm³/mol. The lowest BCUT2D eigenvalue weighted by atomic mass is 10.0. The Morgan fingerprint density at radius 3 is 2.69 bits per heavy atom. The van der Waals surface area contributed by atoms with Gasteiger partial charge in [-0.2, -0.15) is 8.78 Å². The molecule has 0 spiro atoms. The first-order valence-electron chi connectivity index (χ1n) is 7.71. The zero-order valence-corrected chi connectivity index (χ0v) is 15.1. The first-order valence-corrected chi connectivity index (χ1v) is 8.09. The van der Waals surface area contributed by atoms with Crippen molar-refractivity contribution >= 4 is 23.2 Å². The van der Waals surface area contributed by atoms with Gasteiger partial charge in [-0.15, -0.1) is 0 Å². The van der Waals surface area contributed by atoms with Crippen LogP contribution >= 0.6 is 11.6 Å². The number of carbonyl (C=O) groups is 1. The number of alkyl halides is 2. The van der Waals surface area contributed by atoms with Crippen LogP contribution in [-0.2, 0) is 4.79 Å². The van der Waals surface area contributed by atoms with Crippen molar-refractivity contribution in [1.29, 1.82) is 0 Å². The molecule has 3 N–H and O–H groups in total. The molecule has 0 fully saturated rings. The van der Waals surface area contributed by atoms with Crippen LogP contribution in [0.4, 0.5) is 14.5 Å². The van der Waals surface area contributed by atoms with Crippen LogP contribution in [0, 0.1) is 0 Å². The van der Waals surface area contributed by atoms with Gasteiger partial charge in [0, 0.05) is 16.3 Å². The summed E-state index contributed by atoms with van der Waals surface area (Å²) in [7, 11) is 0. The number of benzene rings is 1. The number of carbonyl (C=O) groups excluding carboxylic acids is 1. The Balaban J connectivity index is 2.58. The molecule has 1 unspecified atom stereocenters. The summed E-state index contributed by atoms with van der Waals surface area (Å²) in [5.41, 5.74) is 6.74. The van der Waals surface area contributed by atoms with E-state index in [1.54, 1.807) is 13.0 Å². The summed E-state index contributed by atoms with van der Waals surface area (Å²) in [5, 5.41) is 9.98. The number of hydrogen-bond donors (Lipinski definition) is 2. The van der Waals surface area contributed by atoms with Crippen LogP contribution in [0.1, 0.15) is 25.5 Å². The Labute approximate surface area is 155 Å². The maximum Gasteiger partial charge on any atom is 0.483 e. The second-order valence-electron chi connectivity index (χ2n) is 5.94. The summed E-state index contributed by atoms with van der Waals surface area (Å²) in [6.45, 7) is 6.34. The molecule has 0 aromatic heterocycles. The van der Waals surface area contributed by atoms with Gasteiger partial charge in [-0.05, 0) is 37.6 Å². The van der Waals surface area contributed by atoms with E-state index in [2.05, 4.69) is 11.3 Å². The largest absolute Gasteiger partial charge is 0.483 e. The molecule has 1 heterocycles. The number of para-hydroxylation sites is 1. The molecule has 1 aromatic rings. The number of hydrogen-bond acceptors (Lipinski definition) is 4. The number of anilines is 1. The fraction of sp³-hybridized carbons (Fsp3) is 0.278. The van der Waals surface area contributed by atoms with Crippen LogP contribution < -0.4 is 15.4 Å². The van der Waals surface area contributed by atoms with E-state index in [0.29, 0.717) is 11.3 Å². The molecule has 0 saturated heterocycles. The van der Waals surface area contributed by atoms with Crippen molar-refractivity contribution in [3.8, 4) is 5.75 Å². The average molecular weight is 385 g/mol. The van der Waals surface area contributed by atoms with E-state index < -0.39 is 18.1 Å². The molecule has 1 aliphatic heterocycles. The molecule has 0 saturated carbocycles. The molecular formula is C18H19ClF2N2O3. The van der Waals surface area contributed by atoms with Crippen molar-refractivity contribution < 1.29 is 23.4 Å². The number of nitrogens with zero attached hydrogens (tertiary/aromatic N) is 1. The Bertz CT molecular complexity index is 800. The van der Waals surface area contributed by atoms with Crippen LogP contribution in [0.25, 0.3) is 0 Å². The highest BCUT2D eigenvalue weighted by Gasteiger charge is 2.51. The third-order valence-corrected chi connectivity index (χ3v) is 3.69. The molecule has 5 nitrogen and oxygen atoms in total. The predicted octanol–water partition coefficient (Wildman–Crippen LogP) is 3.60. The molecule has 1 aliphatic rings. The summed E-state index contributed by atoms with van der Waals surface area (Å²) in [6, 6.07) is 4.46. The van der Waals surface area contributed by atoms with E-state index in [9.17, 15) is 18.7 Å². The molecular weight excluding hydrogens is 366 g/mol. The van der Waals surface area contributed by atoms with Crippen LogP contribution in [-0.4, -0.2) is 23.7 Å². The fourth-order valence-electron chi connectivity index (χ4n) is 2.60. The topological polar surface area (TPSA) is 75.8 Å². The molecule has 140 valence electrons. The fourth-order valence-corrected chi connectivity index (χ4v) is 2.74. The van der Waals surface area contributed by atoms with Crippen molar-refractivity contribution in [2.45, 2.75) is 26.1 Å². The molecule has 0 bridgehead atoms. The van der Waals surface area contributed by atoms with Gasteiger partial charge in [-0.3, -0.25) is 9.69 Å². The van der Waals surface area contributed by atoms with Crippen molar-refractivity contribution in [3.63, 3.8) is 0 Å². The SMILES string of the molecule is C=C(Cl)/C=C(\C=C(\C)N)CN1C(=O)C(F)(F)Oc2c(C(C)O)cccc21. The summed E-state index contributed by atoms with van der Waals surface area (Å²) >= 11 is 5.78. The zero-order valence-electron chi connectivity index (χ0n) is 14.3. The quantitative estimate of drug-likeness (QED) is 0.760. The van der Waals surface area contributed by atoms with E-state index >= 15 is 0 Å². The standard InChI is InChI=1S/C18H19ClF2N2O3/c1-10(19)7-13(8-11(2)22)9-23-15-6-4-5-14(12(3)24)16(15)26-18(20,21)17(23)25/h4-8,12,24H,1,9,22H2,2-3H3/b11-8-,13-7+. The van der Waals surface area contributed by atoms with E-state index in [0.717, 1.165) is 4.90 Å². The molecule has 2 rings (SSSR count). The summed E-state index contributed by atoms with van der Waals surface area (Å²) in [6.07, 6.45) is -2.19. The number of fused-ring (bicyclic) bond motifs is 1. The number of aliphatic hydroxyl groups is 1. The number of allylic oxidation sites excluding steroid dienone is 3. The van der Waals surface area contributed by atoms with Crippen LogP contribution in [0.2, 0.25) is 0 Å². The van der Waals surface area contributed by atoms with Gasteiger partial charge in [0.1, 0.15) is 0 Å². The number of nitrogens with two attached hydrogens (primary N) is 1. The summed E-state index contributed by atoms with van der Waals surface area (Å²) in [4.78, 5) is 13.1. The molecule has 1 aromatic carbocycles. The maximum atomic E-state index is 14.1. The van der Waals surface area contributed by atoms with Crippen LogP contribution in [0.15, 0.2) is 53.2 Å². The maximum absolute atomic E-state index is 14.1. The number of aliphatic hydroxyl groups excluding tert-OH is 1. The zero-order chi connectivity index (χ0) is 19.6. The third-order valence-electron chi connectivity index (χ3n) is 3.59. The van der Waals surface area contributed by atoms with Crippen molar-refractivity contribution in [1.82, 2.24) is 0 Å². The lowest BCUT2D eigenvalue weighted by Gasteiger charge is -2.35. The van der Waals surface area contributed by atoms with Gasteiger partial charge in [-0.25, -0.2) is 0 Å². The molecule has 0 aliphatic carbocycles. The van der Waals surface area contributed by atoms with Gasteiger partial charge < -0.3 is 15.6 Å². The monoisotopic (exact) mass is 384 g/mol. The van der Waals surface area contributed by atoms with Crippen molar-refractivity contribution in [3.05, 3.63) is 58.8 Å². The van der Waals surface area contributed by atoms with Crippen LogP contribution in [0.5, 0.6) is 5.75 Å². The van der Waals surface area contributed by atoms with E-state index in [4.69, 9.17) is 17.3 Å². The van der Waals surface area contributed by atoms with Gasteiger partial charge in [0.25, 0.3) is 0 Å². The molecule has 1 atom stereocenters. The van der Waals surface area contributed by atoms with E-state index in [1.165, 1.54) is 31.2 Å². The second kappa shape index (κ2) is 7.47. The normalized spacial score (nSPS) is 18.2. The highest BCUT2D eigenvalue weighted by atomic mass is 35.5. The van der Waals surface area contributed by atoms with Crippen molar-refractivity contribution in [2.75, 3.05) is 11.4 Å². The highest BCUT2D eigenvalue weighted by molar-refractivity contribution is 6.30. The molecule has 8 heteroatoms. The molecule has 1 amide bonds. The number of halogens is 3. The Kier molecular flexibility index (Phi) is 5.73. The first kappa shape index (κ1) is 19.9. The number of rotatable bonds is 5.